The molecule has 1 fully saturated rings. The molecule has 4 nitrogen and oxygen atoms in total. The van der Waals surface area contributed by atoms with Gasteiger partial charge in [-0.3, -0.25) is 9.59 Å². The Labute approximate surface area is 123 Å². The molecular weight excluding hydrogens is 274 g/mol. The van der Waals surface area contributed by atoms with E-state index in [1.54, 1.807) is 0 Å². The van der Waals surface area contributed by atoms with Gasteiger partial charge in [0.05, 0.1) is 10.3 Å². The average molecular weight is 295 g/mol. The van der Waals surface area contributed by atoms with E-state index < -0.39 is 11.4 Å². The fourth-order valence-electron chi connectivity index (χ4n) is 2.81. The van der Waals surface area contributed by atoms with Gasteiger partial charge >= 0.3 is 5.97 Å². The lowest BCUT2D eigenvalue weighted by atomic mass is 9.80. The number of nitrogens with one attached hydrogen (secondary N) is 1. The normalized spacial score (nSPS) is 18.2. The molecule has 0 radical (unpaired) electrons. The highest BCUT2D eigenvalue weighted by Gasteiger charge is 2.39. The number of aliphatic carboxylic acids is 1. The van der Waals surface area contributed by atoms with E-state index in [1.807, 2.05) is 18.4 Å². The van der Waals surface area contributed by atoms with Crippen molar-refractivity contribution in [1.82, 2.24) is 5.32 Å². The molecule has 1 aliphatic rings. The van der Waals surface area contributed by atoms with E-state index in [0.29, 0.717) is 17.7 Å². The zero-order valence-corrected chi connectivity index (χ0v) is 12.6. The van der Waals surface area contributed by atoms with Crippen LogP contribution >= 0.6 is 11.3 Å². The summed E-state index contributed by atoms with van der Waals surface area (Å²) in [5.74, 6) is -0.926. The Morgan fingerprint density at radius 3 is 2.45 bits per heavy atom. The largest absolute Gasteiger partial charge is 0.481 e. The molecular formula is C15H21NO3S. The van der Waals surface area contributed by atoms with E-state index in [2.05, 4.69) is 5.32 Å². The van der Waals surface area contributed by atoms with E-state index in [4.69, 9.17) is 0 Å². The highest BCUT2D eigenvalue weighted by molar-refractivity contribution is 7.12. The SMILES string of the molecule is Cc1ccsc1C(=O)NCC1(C(=O)O)CCCCCC1. The number of carboxylic acid groups (broad SMARTS) is 1. The number of thiophene rings is 1. The predicted octanol–water partition coefficient (Wildman–Crippen LogP) is 3.21. The highest BCUT2D eigenvalue weighted by atomic mass is 32.1. The molecule has 0 aromatic carbocycles. The third-order valence-electron chi connectivity index (χ3n) is 4.17. The molecule has 1 aromatic heterocycles. The smallest absolute Gasteiger partial charge is 0.311 e. The van der Waals surface area contributed by atoms with Crippen LogP contribution in [0, 0.1) is 12.3 Å². The van der Waals surface area contributed by atoms with Crippen molar-refractivity contribution < 1.29 is 14.7 Å². The molecule has 1 aromatic rings. The molecule has 0 atom stereocenters. The first-order valence-corrected chi connectivity index (χ1v) is 7.99. The summed E-state index contributed by atoms with van der Waals surface area (Å²) in [4.78, 5) is 24.5. The summed E-state index contributed by atoms with van der Waals surface area (Å²) in [6.07, 6.45) is 5.36. The fraction of sp³-hybridized carbons (Fsp3) is 0.600. The van der Waals surface area contributed by atoms with Crippen molar-refractivity contribution in [2.45, 2.75) is 45.4 Å². The van der Waals surface area contributed by atoms with Crippen LogP contribution in [-0.4, -0.2) is 23.5 Å². The topological polar surface area (TPSA) is 66.4 Å². The van der Waals surface area contributed by atoms with Crippen LogP contribution < -0.4 is 5.32 Å². The lowest BCUT2D eigenvalue weighted by Gasteiger charge is -2.28. The van der Waals surface area contributed by atoms with Crippen LogP contribution in [-0.2, 0) is 4.79 Å². The lowest BCUT2D eigenvalue weighted by molar-refractivity contribution is -0.149. The maximum Gasteiger partial charge on any atom is 0.311 e. The highest BCUT2D eigenvalue weighted by Crippen LogP contribution is 2.35. The van der Waals surface area contributed by atoms with E-state index in [-0.39, 0.29) is 12.5 Å². The Bertz CT molecular complexity index is 487. The van der Waals surface area contributed by atoms with Crippen LogP contribution in [0.3, 0.4) is 0 Å². The van der Waals surface area contributed by atoms with E-state index in [1.165, 1.54) is 11.3 Å². The Kier molecular flexibility index (Phi) is 4.81. The Hall–Kier alpha value is -1.36. The fourth-order valence-corrected chi connectivity index (χ4v) is 3.65. The molecule has 0 saturated heterocycles. The van der Waals surface area contributed by atoms with Crippen molar-refractivity contribution in [3.8, 4) is 0 Å². The number of carbonyl (C=O) groups is 2. The van der Waals surface area contributed by atoms with Gasteiger partial charge in [-0.05, 0) is 36.8 Å². The van der Waals surface area contributed by atoms with E-state index in [0.717, 1.165) is 31.2 Å². The Morgan fingerprint density at radius 2 is 1.95 bits per heavy atom. The summed E-state index contributed by atoms with van der Waals surface area (Å²) in [5, 5.41) is 14.3. The van der Waals surface area contributed by atoms with Gasteiger partial charge in [-0.25, -0.2) is 0 Å². The molecule has 0 unspecified atom stereocenters. The summed E-state index contributed by atoms with van der Waals surface area (Å²) in [7, 11) is 0. The zero-order chi connectivity index (χ0) is 14.6. The van der Waals surface area contributed by atoms with Crippen LogP contribution in [0.15, 0.2) is 11.4 Å². The van der Waals surface area contributed by atoms with Crippen molar-refractivity contribution in [2.75, 3.05) is 6.54 Å². The molecule has 1 saturated carbocycles. The standard InChI is InChI=1S/C15H21NO3S/c1-11-6-9-20-12(11)13(17)16-10-15(14(18)19)7-4-2-3-5-8-15/h6,9H,2-5,7-8,10H2,1H3,(H,16,17)(H,18,19). The van der Waals surface area contributed by atoms with E-state index in [9.17, 15) is 14.7 Å². The van der Waals surface area contributed by atoms with Gasteiger partial charge in [0.25, 0.3) is 5.91 Å². The molecule has 0 bridgehead atoms. The molecule has 0 aliphatic heterocycles. The first-order valence-electron chi connectivity index (χ1n) is 7.11. The van der Waals surface area contributed by atoms with Crippen molar-refractivity contribution in [3.63, 3.8) is 0 Å². The van der Waals surface area contributed by atoms with Crippen LogP contribution in [0.4, 0.5) is 0 Å². The molecule has 0 spiro atoms. The average Bonchev–Trinajstić information content (AvgIpc) is 2.71. The maximum atomic E-state index is 12.1. The van der Waals surface area contributed by atoms with Gasteiger partial charge in [0.15, 0.2) is 0 Å². The number of hydrogen-bond acceptors (Lipinski definition) is 3. The van der Waals surface area contributed by atoms with Crippen LogP contribution in [0.2, 0.25) is 0 Å². The zero-order valence-electron chi connectivity index (χ0n) is 11.8. The first-order chi connectivity index (χ1) is 9.55. The molecule has 20 heavy (non-hydrogen) atoms. The monoisotopic (exact) mass is 295 g/mol. The summed E-state index contributed by atoms with van der Waals surface area (Å²) in [6.45, 7) is 2.13. The number of hydrogen-bond donors (Lipinski definition) is 2. The second-order valence-electron chi connectivity index (χ2n) is 5.62. The number of aryl methyl sites for hydroxylation is 1. The molecule has 1 amide bonds. The summed E-state index contributed by atoms with van der Waals surface area (Å²) in [5.41, 5.74) is 0.162. The van der Waals surface area contributed by atoms with Crippen LogP contribution in [0.1, 0.15) is 53.8 Å². The predicted molar refractivity (Wildman–Crippen MR) is 79.2 cm³/mol. The first kappa shape index (κ1) is 15.0. The van der Waals surface area contributed by atoms with Crippen molar-refractivity contribution in [3.05, 3.63) is 21.9 Å². The van der Waals surface area contributed by atoms with Crippen LogP contribution in [0.5, 0.6) is 0 Å². The minimum absolute atomic E-state index is 0.151. The molecule has 2 N–H and O–H groups in total. The van der Waals surface area contributed by atoms with Gasteiger partial charge in [-0.15, -0.1) is 11.3 Å². The Morgan fingerprint density at radius 1 is 1.30 bits per heavy atom. The van der Waals surface area contributed by atoms with Gasteiger partial charge in [0.1, 0.15) is 0 Å². The minimum atomic E-state index is -0.780. The lowest BCUT2D eigenvalue weighted by Crippen LogP contribution is -2.42. The third-order valence-corrected chi connectivity index (χ3v) is 5.19. The van der Waals surface area contributed by atoms with Gasteiger partial charge in [0.2, 0.25) is 0 Å². The molecule has 1 aliphatic carbocycles. The van der Waals surface area contributed by atoms with Crippen LogP contribution in [0.25, 0.3) is 0 Å². The van der Waals surface area contributed by atoms with Gasteiger partial charge in [0, 0.05) is 6.54 Å². The van der Waals surface area contributed by atoms with Crippen molar-refractivity contribution in [1.29, 1.82) is 0 Å². The molecule has 5 heteroatoms. The van der Waals surface area contributed by atoms with E-state index >= 15 is 0 Å². The molecule has 2 rings (SSSR count). The van der Waals surface area contributed by atoms with Crippen molar-refractivity contribution in [2.24, 2.45) is 5.41 Å². The van der Waals surface area contributed by atoms with Crippen molar-refractivity contribution >= 4 is 23.2 Å². The van der Waals surface area contributed by atoms with Gasteiger partial charge in [-0.1, -0.05) is 25.7 Å². The maximum absolute atomic E-state index is 12.1. The minimum Gasteiger partial charge on any atom is -0.481 e. The second-order valence-corrected chi connectivity index (χ2v) is 6.53. The number of carbonyl (C=O) groups excluding carboxylic acids is 1. The summed E-state index contributed by atoms with van der Waals surface area (Å²) in [6, 6.07) is 1.90. The quantitative estimate of drug-likeness (QED) is 0.838. The summed E-state index contributed by atoms with van der Waals surface area (Å²) >= 11 is 1.40. The second kappa shape index (κ2) is 6.39. The van der Waals surface area contributed by atoms with Gasteiger partial charge in [-0.2, -0.15) is 0 Å². The third kappa shape index (κ3) is 3.20. The number of carboxylic acids is 1. The van der Waals surface area contributed by atoms with Gasteiger partial charge < -0.3 is 10.4 Å². The Balaban J connectivity index is 2.04. The molecule has 1 heterocycles. The molecule has 110 valence electrons. The summed E-state index contributed by atoms with van der Waals surface area (Å²) < 4.78 is 0. The number of amides is 1. The number of rotatable bonds is 4.